The van der Waals surface area contributed by atoms with Gasteiger partial charge in [0.25, 0.3) is 5.91 Å². The molecule has 1 aromatic heterocycles. The number of nitrogens with zero attached hydrogens (tertiary/aromatic N) is 2. The summed E-state index contributed by atoms with van der Waals surface area (Å²) in [7, 11) is 3.04. The third-order valence-corrected chi connectivity index (χ3v) is 6.49. The highest BCUT2D eigenvalue weighted by Gasteiger charge is 2.53. The number of methoxy groups -OCH3 is 2. The fourth-order valence-corrected chi connectivity index (χ4v) is 4.67. The van der Waals surface area contributed by atoms with Crippen molar-refractivity contribution in [3.63, 3.8) is 0 Å². The number of para-hydroxylation sites is 1. The molecule has 0 saturated carbocycles. The molecule has 1 aliphatic heterocycles. The summed E-state index contributed by atoms with van der Waals surface area (Å²) >= 11 is 0. The van der Waals surface area contributed by atoms with Crippen molar-refractivity contribution in [2.24, 2.45) is 5.92 Å². The van der Waals surface area contributed by atoms with Gasteiger partial charge in [-0.25, -0.2) is 0 Å². The van der Waals surface area contributed by atoms with Crippen molar-refractivity contribution in [3.8, 4) is 22.8 Å². The van der Waals surface area contributed by atoms with E-state index in [1.807, 2.05) is 0 Å². The average molecular weight is 497 g/mol. The number of hydrogen-bond donors (Lipinski definition) is 0. The Hall–Kier alpha value is -4.72. The van der Waals surface area contributed by atoms with Gasteiger partial charge in [0, 0.05) is 28.4 Å². The van der Waals surface area contributed by atoms with Gasteiger partial charge in [0.1, 0.15) is 28.9 Å². The molecule has 3 aromatic carbocycles. The summed E-state index contributed by atoms with van der Waals surface area (Å²) in [5.41, 5.74) is 2.79. The van der Waals surface area contributed by atoms with E-state index in [2.05, 4.69) is 5.16 Å². The van der Waals surface area contributed by atoms with Crippen molar-refractivity contribution in [2.45, 2.75) is 13.0 Å². The molecule has 2 atom stereocenters. The Kier molecular flexibility index (Phi) is 6.31. The lowest BCUT2D eigenvalue weighted by Crippen LogP contribution is -2.31. The number of rotatable bonds is 7. The molecule has 0 aliphatic carbocycles. The number of carbonyl (C=O) groups excluding carboxylic acids is 3. The number of anilines is 1. The SMILES string of the molecule is COc1ccc(C(=O)C2C(=O)C(=O)N(c3ccc(-c4cc(C)on4)cc3)C2c2ccccc2OC)cc1. The molecule has 2 unspecified atom stereocenters. The van der Waals surface area contributed by atoms with Crippen LogP contribution in [-0.4, -0.2) is 36.8 Å². The smallest absolute Gasteiger partial charge is 0.295 e. The number of carbonyl (C=O) groups is 3. The molecule has 4 aromatic rings. The largest absolute Gasteiger partial charge is 0.497 e. The summed E-state index contributed by atoms with van der Waals surface area (Å²) in [6, 6.07) is 21.5. The van der Waals surface area contributed by atoms with Crippen molar-refractivity contribution in [1.29, 1.82) is 0 Å². The standard InChI is InChI=1S/C29H24N2O6/c1-17-16-23(30-37-17)18-8-12-20(13-9-18)31-26(22-6-4-5-7-24(22)36-3)25(28(33)29(31)34)27(32)19-10-14-21(35-2)15-11-19/h4-16,25-26H,1-3H3. The molecule has 1 aliphatic rings. The van der Waals surface area contributed by atoms with Crippen LogP contribution in [0.5, 0.6) is 11.5 Å². The molecule has 8 heteroatoms. The van der Waals surface area contributed by atoms with Gasteiger partial charge >= 0.3 is 0 Å². The highest BCUT2D eigenvalue weighted by atomic mass is 16.5. The van der Waals surface area contributed by atoms with E-state index in [0.29, 0.717) is 39.8 Å². The fraction of sp³-hybridized carbons (Fsp3) is 0.172. The van der Waals surface area contributed by atoms with Crippen LogP contribution in [0.25, 0.3) is 11.3 Å². The van der Waals surface area contributed by atoms with Gasteiger partial charge in [-0.1, -0.05) is 35.5 Å². The molecular formula is C29H24N2O6. The van der Waals surface area contributed by atoms with Gasteiger partial charge in [0.05, 0.1) is 20.3 Å². The minimum absolute atomic E-state index is 0.311. The Morgan fingerprint density at radius 1 is 0.919 bits per heavy atom. The van der Waals surface area contributed by atoms with Gasteiger partial charge in [-0.05, 0) is 49.4 Å². The average Bonchev–Trinajstić information content (AvgIpc) is 3.49. The Labute approximate surface area is 213 Å². The first-order valence-electron chi connectivity index (χ1n) is 11.6. The van der Waals surface area contributed by atoms with Crippen LogP contribution >= 0.6 is 0 Å². The van der Waals surface area contributed by atoms with E-state index < -0.39 is 29.4 Å². The molecule has 8 nitrogen and oxygen atoms in total. The second-order valence-corrected chi connectivity index (χ2v) is 8.67. The van der Waals surface area contributed by atoms with Crippen LogP contribution in [0, 0.1) is 12.8 Å². The lowest BCUT2D eigenvalue weighted by molar-refractivity contribution is -0.135. The molecule has 1 fully saturated rings. The van der Waals surface area contributed by atoms with Gasteiger partial charge in [-0.2, -0.15) is 0 Å². The molecule has 0 spiro atoms. The number of benzene rings is 3. The van der Waals surface area contributed by atoms with Crippen LogP contribution in [0.4, 0.5) is 5.69 Å². The van der Waals surface area contributed by atoms with E-state index in [9.17, 15) is 14.4 Å². The third-order valence-electron chi connectivity index (χ3n) is 6.49. The number of Topliss-reactive ketones (excluding diaryl/α,β-unsaturated/α-hetero) is 2. The van der Waals surface area contributed by atoms with Crippen molar-refractivity contribution in [1.82, 2.24) is 5.16 Å². The van der Waals surface area contributed by atoms with E-state index >= 15 is 0 Å². The van der Waals surface area contributed by atoms with Crippen LogP contribution in [0.1, 0.15) is 27.7 Å². The molecule has 5 rings (SSSR count). The summed E-state index contributed by atoms with van der Waals surface area (Å²) in [6.07, 6.45) is 0. The Morgan fingerprint density at radius 3 is 2.24 bits per heavy atom. The van der Waals surface area contributed by atoms with Gasteiger partial charge in [0.15, 0.2) is 5.78 Å². The molecule has 2 heterocycles. The highest BCUT2D eigenvalue weighted by molar-refractivity contribution is 6.49. The number of hydrogen-bond acceptors (Lipinski definition) is 7. The normalized spacial score (nSPS) is 17.2. The first kappa shape index (κ1) is 24.0. The molecule has 0 radical (unpaired) electrons. The second kappa shape index (κ2) is 9.73. The summed E-state index contributed by atoms with van der Waals surface area (Å²) in [5, 5.41) is 4.03. The predicted octanol–water partition coefficient (Wildman–Crippen LogP) is 4.82. The number of aromatic nitrogens is 1. The topological polar surface area (TPSA) is 98.9 Å². The van der Waals surface area contributed by atoms with Crippen molar-refractivity contribution in [2.75, 3.05) is 19.1 Å². The molecule has 0 N–H and O–H groups in total. The maximum atomic E-state index is 13.7. The second-order valence-electron chi connectivity index (χ2n) is 8.67. The van der Waals surface area contributed by atoms with E-state index in [1.165, 1.54) is 19.1 Å². The first-order valence-corrected chi connectivity index (χ1v) is 11.6. The van der Waals surface area contributed by atoms with Gasteiger partial charge in [0.2, 0.25) is 5.78 Å². The summed E-state index contributed by atoms with van der Waals surface area (Å²) in [5.74, 6) is -1.50. The first-order chi connectivity index (χ1) is 17.9. The van der Waals surface area contributed by atoms with E-state index in [0.717, 1.165) is 5.56 Å². The summed E-state index contributed by atoms with van der Waals surface area (Å²) in [4.78, 5) is 41.9. The minimum atomic E-state index is -1.25. The van der Waals surface area contributed by atoms with Crippen LogP contribution < -0.4 is 14.4 Å². The zero-order chi connectivity index (χ0) is 26.1. The van der Waals surface area contributed by atoms with Crippen LogP contribution in [0.2, 0.25) is 0 Å². The highest BCUT2D eigenvalue weighted by Crippen LogP contribution is 2.44. The quantitative estimate of drug-likeness (QED) is 0.205. The van der Waals surface area contributed by atoms with E-state index in [-0.39, 0.29) is 0 Å². The van der Waals surface area contributed by atoms with Gasteiger partial charge in [-0.3, -0.25) is 19.3 Å². The number of amides is 1. The summed E-state index contributed by atoms with van der Waals surface area (Å²) in [6.45, 7) is 1.80. The van der Waals surface area contributed by atoms with Crippen LogP contribution in [-0.2, 0) is 9.59 Å². The Balaban J connectivity index is 1.60. The van der Waals surface area contributed by atoms with E-state index in [1.54, 1.807) is 85.8 Å². The molecule has 1 saturated heterocycles. The molecule has 0 bridgehead atoms. The zero-order valence-electron chi connectivity index (χ0n) is 20.5. The van der Waals surface area contributed by atoms with Gasteiger partial charge < -0.3 is 14.0 Å². The van der Waals surface area contributed by atoms with Crippen molar-refractivity contribution >= 4 is 23.2 Å². The monoisotopic (exact) mass is 496 g/mol. The lowest BCUT2D eigenvalue weighted by atomic mass is 9.86. The Morgan fingerprint density at radius 2 is 1.62 bits per heavy atom. The molecule has 186 valence electrons. The van der Waals surface area contributed by atoms with Crippen LogP contribution in [0.3, 0.4) is 0 Å². The van der Waals surface area contributed by atoms with Crippen LogP contribution in [0.15, 0.2) is 83.4 Å². The van der Waals surface area contributed by atoms with E-state index in [4.69, 9.17) is 14.0 Å². The molecule has 1 amide bonds. The molecular weight excluding hydrogens is 472 g/mol. The van der Waals surface area contributed by atoms with Crippen molar-refractivity contribution in [3.05, 3.63) is 95.7 Å². The minimum Gasteiger partial charge on any atom is -0.497 e. The third kappa shape index (κ3) is 4.27. The maximum absolute atomic E-state index is 13.7. The zero-order valence-corrected chi connectivity index (χ0v) is 20.5. The van der Waals surface area contributed by atoms with Gasteiger partial charge in [-0.15, -0.1) is 0 Å². The maximum Gasteiger partial charge on any atom is 0.295 e. The summed E-state index contributed by atoms with van der Waals surface area (Å²) < 4.78 is 15.9. The number of ketones is 2. The van der Waals surface area contributed by atoms with Crippen molar-refractivity contribution < 1.29 is 28.4 Å². The Bertz CT molecular complexity index is 1470. The molecule has 37 heavy (non-hydrogen) atoms. The fourth-order valence-electron chi connectivity index (χ4n) is 4.67. The number of ether oxygens (including phenoxy) is 2. The lowest BCUT2D eigenvalue weighted by Gasteiger charge is -2.28. The predicted molar refractivity (Wildman–Crippen MR) is 136 cm³/mol. The number of aryl methyl sites for hydroxylation is 1.